The number of ether oxygens (including phenoxy) is 1. The van der Waals surface area contributed by atoms with Crippen molar-refractivity contribution in [3.63, 3.8) is 0 Å². The van der Waals surface area contributed by atoms with Gasteiger partial charge < -0.3 is 14.9 Å². The number of aromatic nitrogens is 2. The molecule has 3 aromatic heterocycles. The third kappa shape index (κ3) is 2.76. The van der Waals surface area contributed by atoms with E-state index in [1.165, 1.54) is 23.3 Å². The van der Waals surface area contributed by atoms with E-state index in [4.69, 9.17) is 14.9 Å². The van der Waals surface area contributed by atoms with Crippen LogP contribution >= 0.6 is 11.3 Å². The summed E-state index contributed by atoms with van der Waals surface area (Å²) in [7, 11) is 0. The van der Waals surface area contributed by atoms with Gasteiger partial charge in [0, 0.05) is 10.4 Å². The van der Waals surface area contributed by atoms with E-state index in [1.54, 1.807) is 18.3 Å². The molecule has 136 valence electrons. The van der Waals surface area contributed by atoms with Gasteiger partial charge in [0.05, 0.1) is 5.39 Å². The molecule has 0 spiro atoms. The van der Waals surface area contributed by atoms with Crippen LogP contribution in [-0.2, 0) is 24.2 Å². The summed E-state index contributed by atoms with van der Waals surface area (Å²) < 4.78 is 10.9. The minimum Gasteiger partial charge on any atom is -0.465 e. The molecule has 0 amide bonds. The number of esters is 1. The molecule has 1 aliphatic carbocycles. The molecule has 0 saturated carbocycles. The van der Waals surface area contributed by atoms with E-state index in [1.807, 2.05) is 13.8 Å². The van der Waals surface area contributed by atoms with Crippen LogP contribution in [0.3, 0.4) is 0 Å². The lowest BCUT2D eigenvalue weighted by molar-refractivity contribution is 0.0460. The summed E-state index contributed by atoms with van der Waals surface area (Å²) in [6.07, 6.45) is 4.51. The molecule has 0 unspecified atom stereocenters. The summed E-state index contributed by atoms with van der Waals surface area (Å²) in [5.41, 5.74) is 8.77. The van der Waals surface area contributed by atoms with Crippen molar-refractivity contribution < 1.29 is 13.9 Å². The molecule has 0 saturated heterocycles. The zero-order valence-electron chi connectivity index (χ0n) is 15.1. The second kappa shape index (κ2) is 6.39. The maximum atomic E-state index is 12.4. The first-order chi connectivity index (χ1) is 12.5. The molecule has 0 fully saturated rings. The van der Waals surface area contributed by atoms with Crippen LogP contribution in [0.5, 0.6) is 0 Å². The van der Waals surface area contributed by atoms with Gasteiger partial charge >= 0.3 is 5.97 Å². The first-order valence-corrected chi connectivity index (χ1v) is 9.57. The molecule has 1 aliphatic rings. The average molecular weight is 371 g/mol. The fourth-order valence-electron chi connectivity index (χ4n) is 3.59. The number of nitrogen functional groups attached to an aromatic ring is 1. The summed E-state index contributed by atoms with van der Waals surface area (Å²) in [5.74, 6) is 1.77. The number of nitrogens with two attached hydrogens (primary N) is 1. The number of carbonyl (C=O) groups is 1. The van der Waals surface area contributed by atoms with E-state index >= 15 is 0 Å². The van der Waals surface area contributed by atoms with E-state index in [0.717, 1.165) is 34.4 Å². The molecule has 2 N–H and O–H groups in total. The minimum absolute atomic E-state index is 0.00928. The zero-order chi connectivity index (χ0) is 18.4. The predicted molar refractivity (Wildman–Crippen MR) is 101 cm³/mol. The standard InChI is InChI=1S/C19H21N3O3S/c1-9-10(2)25-11(3)15(9)19(23)24-8-14-21-17(20)16-12-6-4-5-7-13(12)26-18(16)22-14/h4-8H2,1-3H3,(H2,20,21,22). The number of aryl methyl sites for hydroxylation is 4. The number of carbonyl (C=O) groups excluding carboxylic acids is 1. The Labute approximate surface area is 155 Å². The van der Waals surface area contributed by atoms with Crippen molar-refractivity contribution in [2.45, 2.75) is 53.1 Å². The number of furan rings is 1. The minimum atomic E-state index is -0.426. The highest BCUT2D eigenvalue weighted by molar-refractivity contribution is 7.19. The molecule has 0 aliphatic heterocycles. The Morgan fingerprint density at radius 3 is 2.69 bits per heavy atom. The Bertz CT molecular complexity index is 1020. The van der Waals surface area contributed by atoms with Crippen molar-refractivity contribution in [2.75, 3.05) is 5.73 Å². The second-order valence-electron chi connectivity index (χ2n) is 6.71. The Hall–Kier alpha value is -2.41. The summed E-state index contributed by atoms with van der Waals surface area (Å²) >= 11 is 1.68. The van der Waals surface area contributed by atoms with E-state index < -0.39 is 5.97 Å². The fourth-order valence-corrected chi connectivity index (χ4v) is 4.88. The van der Waals surface area contributed by atoms with Crippen molar-refractivity contribution in [1.82, 2.24) is 9.97 Å². The van der Waals surface area contributed by atoms with Crippen LogP contribution in [-0.4, -0.2) is 15.9 Å². The number of rotatable bonds is 3. The molecular weight excluding hydrogens is 350 g/mol. The van der Waals surface area contributed by atoms with Gasteiger partial charge in [-0.2, -0.15) is 0 Å². The van der Waals surface area contributed by atoms with Gasteiger partial charge in [0.25, 0.3) is 0 Å². The van der Waals surface area contributed by atoms with Crippen LogP contribution in [0.1, 0.15) is 56.5 Å². The monoisotopic (exact) mass is 371 g/mol. The fraction of sp³-hybridized carbons (Fsp3) is 0.421. The molecule has 6 nitrogen and oxygen atoms in total. The molecule has 0 radical (unpaired) electrons. The Kier molecular flexibility index (Phi) is 4.19. The van der Waals surface area contributed by atoms with Gasteiger partial charge in [0.1, 0.15) is 27.7 Å². The number of thiophene rings is 1. The molecule has 0 atom stereocenters. The predicted octanol–water partition coefficient (Wildman–Crippen LogP) is 4.03. The maximum absolute atomic E-state index is 12.4. The smallest absolute Gasteiger partial charge is 0.342 e. The summed E-state index contributed by atoms with van der Waals surface area (Å²) in [6, 6.07) is 0. The molecule has 7 heteroatoms. The molecule has 4 rings (SSSR count). The molecular formula is C19H21N3O3S. The Morgan fingerprint density at radius 1 is 1.19 bits per heavy atom. The van der Waals surface area contributed by atoms with Gasteiger partial charge in [-0.15, -0.1) is 11.3 Å². The van der Waals surface area contributed by atoms with Crippen LogP contribution < -0.4 is 5.73 Å². The third-order valence-electron chi connectivity index (χ3n) is 4.99. The summed E-state index contributed by atoms with van der Waals surface area (Å²) in [4.78, 5) is 23.6. The first-order valence-electron chi connectivity index (χ1n) is 8.76. The molecule has 26 heavy (non-hydrogen) atoms. The highest BCUT2D eigenvalue weighted by Gasteiger charge is 2.22. The van der Waals surface area contributed by atoms with Crippen molar-refractivity contribution in [1.29, 1.82) is 0 Å². The molecule has 3 heterocycles. The van der Waals surface area contributed by atoms with Crippen LogP contribution in [0, 0.1) is 20.8 Å². The molecule has 0 aromatic carbocycles. The van der Waals surface area contributed by atoms with Crippen molar-refractivity contribution in [3.8, 4) is 0 Å². The van der Waals surface area contributed by atoms with E-state index in [-0.39, 0.29) is 6.61 Å². The van der Waals surface area contributed by atoms with Crippen LogP contribution in [0.4, 0.5) is 5.82 Å². The highest BCUT2D eigenvalue weighted by atomic mass is 32.1. The van der Waals surface area contributed by atoms with E-state index in [0.29, 0.717) is 23.0 Å². The van der Waals surface area contributed by atoms with Crippen molar-refractivity contribution in [2.24, 2.45) is 0 Å². The Morgan fingerprint density at radius 2 is 1.96 bits per heavy atom. The van der Waals surface area contributed by atoms with E-state index in [2.05, 4.69) is 9.97 Å². The maximum Gasteiger partial charge on any atom is 0.342 e. The van der Waals surface area contributed by atoms with Gasteiger partial charge in [-0.05, 0) is 52.0 Å². The van der Waals surface area contributed by atoms with Gasteiger partial charge in [0.2, 0.25) is 0 Å². The van der Waals surface area contributed by atoms with E-state index in [9.17, 15) is 4.79 Å². The first kappa shape index (κ1) is 17.0. The topological polar surface area (TPSA) is 91.2 Å². The van der Waals surface area contributed by atoms with Gasteiger partial charge in [-0.1, -0.05) is 0 Å². The lowest BCUT2D eigenvalue weighted by Crippen LogP contribution is -2.10. The third-order valence-corrected chi connectivity index (χ3v) is 6.17. The van der Waals surface area contributed by atoms with Crippen LogP contribution in [0.15, 0.2) is 4.42 Å². The number of nitrogens with zero attached hydrogens (tertiary/aromatic N) is 2. The number of hydrogen-bond donors (Lipinski definition) is 1. The summed E-state index contributed by atoms with van der Waals surface area (Å²) in [5, 5.41) is 0.983. The lowest BCUT2D eigenvalue weighted by atomic mass is 9.97. The average Bonchev–Trinajstić information content (AvgIpc) is 3.10. The number of anilines is 1. The Balaban J connectivity index is 1.59. The van der Waals surface area contributed by atoms with Gasteiger partial charge in [0.15, 0.2) is 12.4 Å². The highest BCUT2D eigenvalue weighted by Crippen LogP contribution is 2.37. The summed E-state index contributed by atoms with van der Waals surface area (Å²) in [6.45, 7) is 5.42. The molecule has 0 bridgehead atoms. The SMILES string of the molecule is Cc1oc(C)c(C(=O)OCc2nc(N)c3c4c(sc3n2)CCCC4)c1C. The number of fused-ring (bicyclic) bond motifs is 3. The number of hydrogen-bond acceptors (Lipinski definition) is 7. The van der Waals surface area contributed by atoms with Gasteiger partial charge in [-0.25, -0.2) is 14.8 Å². The largest absolute Gasteiger partial charge is 0.465 e. The zero-order valence-corrected chi connectivity index (χ0v) is 16.0. The van der Waals surface area contributed by atoms with Gasteiger partial charge in [-0.3, -0.25) is 0 Å². The van der Waals surface area contributed by atoms with Crippen LogP contribution in [0.2, 0.25) is 0 Å². The molecule has 3 aromatic rings. The van der Waals surface area contributed by atoms with Crippen molar-refractivity contribution in [3.05, 3.63) is 38.9 Å². The second-order valence-corrected chi connectivity index (χ2v) is 7.79. The lowest BCUT2D eigenvalue weighted by Gasteiger charge is -2.10. The van der Waals surface area contributed by atoms with Crippen LogP contribution in [0.25, 0.3) is 10.2 Å². The normalized spacial score (nSPS) is 13.8. The quantitative estimate of drug-likeness (QED) is 0.699. The van der Waals surface area contributed by atoms with Crippen molar-refractivity contribution >= 4 is 33.3 Å².